The van der Waals surface area contributed by atoms with Crippen molar-refractivity contribution in [2.45, 2.75) is 56.5 Å². The monoisotopic (exact) mass is 184 g/mol. The van der Waals surface area contributed by atoms with E-state index in [1.165, 1.54) is 32.1 Å². The lowest BCUT2D eigenvalue weighted by Gasteiger charge is -2.19. The SMILES string of the molecule is CCC1SC2CCCC2C1CC. The molecule has 0 nitrogen and oxygen atoms in total. The summed E-state index contributed by atoms with van der Waals surface area (Å²) in [5.74, 6) is 2.16. The second-order valence-electron chi connectivity index (χ2n) is 4.29. The fraction of sp³-hybridized carbons (Fsp3) is 1.00. The summed E-state index contributed by atoms with van der Waals surface area (Å²) in [6.07, 6.45) is 7.38. The van der Waals surface area contributed by atoms with E-state index in [9.17, 15) is 0 Å². The summed E-state index contributed by atoms with van der Waals surface area (Å²) in [4.78, 5) is 0. The van der Waals surface area contributed by atoms with Crippen molar-refractivity contribution >= 4 is 11.8 Å². The highest BCUT2D eigenvalue weighted by atomic mass is 32.2. The van der Waals surface area contributed by atoms with Gasteiger partial charge in [0.25, 0.3) is 0 Å². The Morgan fingerprint density at radius 3 is 2.67 bits per heavy atom. The Bertz CT molecular complexity index is 155. The third kappa shape index (κ3) is 1.30. The van der Waals surface area contributed by atoms with E-state index in [-0.39, 0.29) is 0 Å². The van der Waals surface area contributed by atoms with E-state index < -0.39 is 0 Å². The van der Waals surface area contributed by atoms with Gasteiger partial charge in [-0.2, -0.15) is 11.8 Å². The minimum absolute atomic E-state index is 1.00. The Hall–Kier alpha value is 0.350. The van der Waals surface area contributed by atoms with Gasteiger partial charge < -0.3 is 0 Å². The zero-order valence-electron chi connectivity index (χ0n) is 8.25. The Balaban J connectivity index is 2.05. The molecule has 2 fully saturated rings. The zero-order chi connectivity index (χ0) is 8.55. The van der Waals surface area contributed by atoms with Crippen molar-refractivity contribution in [2.75, 3.05) is 0 Å². The molecule has 4 atom stereocenters. The summed E-state index contributed by atoms with van der Waals surface area (Å²) in [5.41, 5.74) is 0. The molecule has 4 unspecified atom stereocenters. The van der Waals surface area contributed by atoms with Crippen LogP contribution in [0, 0.1) is 11.8 Å². The van der Waals surface area contributed by atoms with Gasteiger partial charge in [-0.3, -0.25) is 0 Å². The summed E-state index contributed by atoms with van der Waals surface area (Å²) in [7, 11) is 0. The van der Waals surface area contributed by atoms with Gasteiger partial charge >= 0.3 is 0 Å². The van der Waals surface area contributed by atoms with Crippen LogP contribution in [0.2, 0.25) is 0 Å². The summed E-state index contributed by atoms with van der Waals surface area (Å²) >= 11 is 2.31. The van der Waals surface area contributed by atoms with E-state index in [1.807, 2.05) is 0 Å². The molecule has 70 valence electrons. The Labute approximate surface area is 80.5 Å². The summed E-state index contributed by atoms with van der Waals surface area (Å²) in [6.45, 7) is 4.75. The quantitative estimate of drug-likeness (QED) is 0.630. The third-order valence-corrected chi connectivity index (χ3v) is 5.72. The molecule has 0 aromatic carbocycles. The van der Waals surface area contributed by atoms with Crippen LogP contribution in [0.15, 0.2) is 0 Å². The van der Waals surface area contributed by atoms with Gasteiger partial charge in [0.05, 0.1) is 0 Å². The van der Waals surface area contributed by atoms with Gasteiger partial charge in [0, 0.05) is 10.5 Å². The second-order valence-corrected chi connectivity index (χ2v) is 5.77. The van der Waals surface area contributed by atoms with Gasteiger partial charge in [0.1, 0.15) is 0 Å². The summed E-state index contributed by atoms with van der Waals surface area (Å²) < 4.78 is 0. The molecular formula is C11H20S. The molecule has 1 saturated heterocycles. The van der Waals surface area contributed by atoms with E-state index in [2.05, 4.69) is 25.6 Å². The lowest BCUT2D eigenvalue weighted by atomic mass is 9.85. The number of thioether (sulfide) groups is 1. The van der Waals surface area contributed by atoms with Crippen LogP contribution in [-0.2, 0) is 0 Å². The highest BCUT2D eigenvalue weighted by Gasteiger charge is 2.43. The maximum absolute atomic E-state index is 2.38. The van der Waals surface area contributed by atoms with Crippen LogP contribution in [0.1, 0.15) is 46.0 Å². The molecular weight excluding hydrogens is 164 g/mol. The van der Waals surface area contributed by atoms with Gasteiger partial charge in [-0.05, 0) is 31.1 Å². The number of hydrogen-bond donors (Lipinski definition) is 0. The Morgan fingerprint density at radius 1 is 1.17 bits per heavy atom. The van der Waals surface area contributed by atoms with Crippen molar-refractivity contribution in [3.05, 3.63) is 0 Å². The number of rotatable bonds is 2. The predicted octanol–water partition coefficient (Wildman–Crippen LogP) is 3.71. The van der Waals surface area contributed by atoms with Crippen LogP contribution in [0.25, 0.3) is 0 Å². The second kappa shape index (κ2) is 3.61. The van der Waals surface area contributed by atoms with Crippen LogP contribution in [0.5, 0.6) is 0 Å². The van der Waals surface area contributed by atoms with Gasteiger partial charge in [-0.25, -0.2) is 0 Å². The summed E-state index contributed by atoms with van der Waals surface area (Å²) in [6, 6.07) is 0. The lowest BCUT2D eigenvalue weighted by molar-refractivity contribution is 0.345. The predicted molar refractivity (Wildman–Crippen MR) is 56.6 cm³/mol. The Kier molecular flexibility index (Phi) is 2.69. The summed E-state index contributed by atoms with van der Waals surface area (Å²) in [5, 5.41) is 2.06. The highest BCUT2D eigenvalue weighted by molar-refractivity contribution is 8.00. The van der Waals surface area contributed by atoms with Gasteiger partial charge in [0.2, 0.25) is 0 Å². The van der Waals surface area contributed by atoms with Crippen molar-refractivity contribution in [2.24, 2.45) is 11.8 Å². The normalized spacial score (nSPS) is 46.5. The van der Waals surface area contributed by atoms with Crippen LogP contribution in [-0.4, -0.2) is 10.5 Å². The van der Waals surface area contributed by atoms with E-state index in [0.29, 0.717) is 0 Å². The largest absolute Gasteiger partial charge is 0.155 e. The van der Waals surface area contributed by atoms with Crippen molar-refractivity contribution in [1.82, 2.24) is 0 Å². The van der Waals surface area contributed by atoms with Crippen molar-refractivity contribution in [3.8, 4) is 0 Å². The fourth-order valence-corrected chi connectivity index (χ4v) is 5.26. The number of fused-ring (bicyclic) bond motifs is 1. The minimum atomic E-state index is 1.00. The van der Waals surface area contributed by atoms with Gasteiger partial charge in [-0.15, -0.1) is 0 Å². The lowest BCUT2D eigenvalue weighted by Crippen LogP contribution is -2.17. The smallest absolute Gasteiger partial charge is 0.00812 e. The maximum atomic E-state index is 2.38. The molecule has 0 spiro atoms. The molecule has 1 saturated carbocycles. The minimum Gasteiger partial charge on any atom is -0.155 e. The highest BCUT2D eigenvalue weighted by Crippen LogP contribution is 2.53. The van der Waals surface area contributed by atoms with Crippen LogP contribution in [0.3, 0.4) is 0 Å². The molecule has 1 heteroatoms. The first-order chi connectivity index (χ1) is 5.86. The topological polar surface area (TPSA) is 0 Å². The Morgan fingerprint density at radius 2 is 2.00 bits per heavy atom. The maximum Gasteiger partial charge on any atom is 0.00812 e. The number of hydrogen-bond acceptors (Lipinski definition) is 1. The molecule has 2 rings (SSSR count). The molecule has 0 N–H and O–H groups in total. The molecule has 0 radical (unpaired) electrons. The average molecular weight is 184 g/mol. The van der Waals surface area contributed by atoms with Crippen molar-refractivity contribution in [3.63, 3.8) is 0 Å². The van der Waals surface area contributed by atoms with Crippen LogP contribution < -0.4 is 0 Å². The molecule has 1 heterocycles. The van der Waals surface area contributed by atoms with E-state index in [1.54, 1.807) is 0 Å². The first kappa shape index (κ1) is 8.93. The van der Waals surface area contributed by atoms with Crippen LogP contribution in [0.4, 0.5) is 0 Å². The first-order valence-electron chi connectivity index (χ1n) is 5.52. The first-order valence-corrected chi connectivity index (χ1v) is 6.46. The molecule has 12 heavy (non-hydrogen) atoms. The molecule has 1 aliphatic heterocycles. The average Bonchev–Trinajstić information content (AvgIpc) is 2.61. The molecule has 0 aromatic heterocycles. The molecule has 1 aliphatic carbocycles. The molecule has 0 amide bonds. The fourth-order valence-electron chi connectivity index (χ4n) is 3.18. The van der Waals surface area contributed by atoms with E-state index >= 15 is 0 Å². The van der Waals surface area contributed by atoms with Gasteiger partial charge in [0.15, 0.2) is 0 Å². The zero-order valence-corrected chi connectivity index (χ0v) is 9.07. The molecule has 0 bridgehead atoms. The van der Waals surface area contributed by atoms with E-state index in [4.69, 9.17) is 0 Å². The standard InChI is InChI=1S/C11H20S/c1-3-8-9-6-5-7-11(9)12-10(8)4-2/h8-11H,3-7H2,1-2H3. The third-order valence-electron chi connectivity index (χ3n) is 3.75. The van der Waals surface area contributed by atoms with Crippen molar-refractivity contribution in [1.29, 1.82) is 0 Å². The van der Waals surface area contributed by atoms with Gasteiger partial charge in [-0.1, -0.05) is 26.7 Å². The van der Waals surface area contributed by atoms with Crippen molar-refractivity contribution < 1.29 is 0 Å². The molecule has 0 aromatic rings. The van der Waals surface area contributed by atoms with Crippen LogP contribution >= 0.6 is 11.8 Å². The molecule has 2 aliphatic rings. The van der Waals surface area contributed by atoms with E-state index in [0.717, 1.165) is 22.3 Å².